The molecule has 2 heterocycles. The molecule has 30 heavy (non-hydrogen) atoms. The van der Waals surface area contributed by atoms with Crippen molar-refractivity contribution in [2.45, 2.75) is 39.2 Å². The van der Waals surface area contributed by atoms with Crippen LogP contribution in [0.4, 0.5) is 4.79 Å². The van der Waals surface area contributed by atoms with E-state index in [2.05, 4.69) is 10.4 Å². The summed E-state index contributed by atoms with van der Waals surface area (Å²) < 4.78 is 6.49. The number of para-hydroxylation sites is 1. The van der Waals surface area contributed by atoms with E-state index in [0.717, 1.165) is 12.8 Å². The molecular weight excluding hydrogens is 384 g/mol. The second-order valence-electron chi connectivity index (χ2n) is 8.42. The third kappa shape index (κ3) is 5.68. The van der Waals surface area contributed by atoms with Gasteiger partial charge in [0.1, 0.15) is 11.3 Å². The molecule has 0 spiro atoms. The van der Waals surface area contributed by atoms with Crippen molar-refractivity contribution in [2.24, 2.45) is 5.92 Å². The Hall–Kier alpha value is -3.16. The van der Waals surface area contributed by atoms with Crippen molar-refractivity contribution in [2.75, 3.05) is 19.6 Å². The van der Waals surface area contributed by atoms with E-state index >= 15 is 0 Å². The normalized spacial score (nSPS) is 15.0. The number of rotatable bonds is 4. The Balaban J connectivity index is 1.57. The lowest BCUT2D eigenvalue weighted by Crippen LogP contribution is -2.43. The minimum Gasteiger partial charge on any atom is -0.444 e. The van der Waals surface area contributed by atoms with Gasteiger partial charge in [-0.05, 0) is 57.7 Å². The molecule has 8 nitrogen and oxygen atoms in total. The summed E-state index contributed by atoms with van der Waals surface area (Å²) >= 11 is 0. The third-order valence-corrected chi connectivity index (χ3v) is 4.86. The Morgan fingerprint density at radius 1 is 1.10 bits per heavy atom. The van der Waals surface area contributed by atoms with E-state index in [1.54, 1.807) is 17.0 Å². The topological polar surface area (TPSA) is 93.5 Å². The monoisotopic (exact) mass is 412 g/mol. The van der Waals surface area contributed by atoms with Crippen LogP contribution >= 0.6 is 0 Å². The zero-order chi connectivity index (χ0) is 21.7. The first-order valence-electron chi connectivity index (χ1n) is 10.1. The Labute approximate surface area is 175 Å². The summed E-state index contributed by atoms with van der Waals surface area (Å²) in [6.07, 6.45) is 1.13. The maximum atomic E-state index is 12.9. The van der Waals surface area contributed by atoms with Crippen LogP contribution in [0.2, 0.25) is 0 Å². The molecule has 1 aromatic carbocycles. The van der Waals surface area contributed by atoms with E-state index in [4.69, 9.17) is 4.74 Å². The van der Waals surface area contributed by atoms with E-state index in [-0.39, 0.29) is 23.1 Å². The number of nitrogens with one attached hydrogen (secondary N) is 1. The lowest BCUT2D eigenvalue weighted by Gasteiger charge is -2.32. The minimum atomic E-state index is -0.525. The predicted molar refractivity (Wildman–Crippen MR) is 113 cm³/mol. The van der Waals surface area contributed by atoms with Crippen molar-refractivity contribution < 1.29 is 14.3 Å². The van der Waals surface area contributed by atoms with Gasteiger partial charge in [0.25, 0.3) is 11.5 Å². The number of benzene rings is 1. The van der Waals surface area contributed by atoms with Gasteiger partial charge in [0, 0.05) is 25.7 Å². The average molecular weight is 412 g/mol. The fraction of sp³-hybridized carbons (Fsp3) is 0.455. The van der Waals surface area contributed by atoms with Crippen LogP contribution in [0.25, 0.3) is 5.69 Å². The van der Waals surface area contributed by atoms with E-state index in [0.29, 0.717) is 25.3 Å². The van der Waals surface area contributed by atoms with Crippen molar-refractivity contribution in [3.05, 3.63) is 58.5 Å². The van der Waals surface area contributed by atoms with E-state index in [9.17, 15) is 14.4 Å². The summed E-state index contributed by atoms with van der Waals surface area (Å²) in [6.45, 7) is 7.15. The highest BCUT2D eigenvalue weighted by Crippen LogP contribution is 2.18. The number of carbonyl (C=O) groups is 2. The zero-order valence-electron chi connectivity index (χ0n) is 17.6. The fourth-order valence-corrected chi connectivity index (χ4v) is 3.32. The highest BCUT2D eigenvalue weighted by molar-refractivity contribution is 5.92. The molecule has 1 aliphatic rings. The molecule has 0 radical (unpaired) electrons. The molecule has 160 valence electrons. The molecule has 1 N–H and O–H groups in total. The highest BCUT2D eigenvalue weighted by Gasteiger charge is 2.26. The van der Waals surface area contributed by atoms with Crippen LogP contribution in [-0.2, 0) is 4.74 Å². The van der Waals surface area contributed by atoms with Crippen molar-refractivity contribution >= 4 is 12.0 Å². The lowest BCUT2D eigenvalue weighted by atomic mass is 9.96. The number of hydrogen-bond donors (Lipinski definition) is 1. The second-order valence-corrected chi connectivity index (χ2v) is 8.42. The molecule has 8 heteroatoms. The van der Waals surface area contributed by atoms with Gasteiger partial charge in [0.15, 0.2) is 0 Å². The molecule has 0 unspecified atom stereocenters. The third-order valence-electron chi connectivity index (χ3n) is 4.86. The molecule has 1 aliphatic heterocycles. The number of alkyl carbamates (subject to hydrolysis) is 1. The van der Waals surface area contributed by atoms with Crippen molar-refractivity contribution in [3.63, 3.8) is 0 Å². The Bertz CT molecular complexity index is 942. The summed E-state index contributed by atoms with van der Waals surface area (Å²) in [5, 5.41) is 7.07. The molecule has 0 atom stereocenters. The van der Waals surface area contributed by atoms with Crippen LogP contribution in [0.1, 0.15) is 44.1 Å². The van der Waals surface area contributed by atoms with Gasteiger partial charge >= 0.3 is 6.09 Å². The largest absolute Gasteiger partial charge is 0.444 e. The summed E-state index contributed by atoms with van der Waals surface area (Å²) in [7, 11) is 0. The van der Waals surface area contributed by atoms with Crippen molar-refractivity contribution in [1.29, 1.82) is 0 Å². The SMILES string of the molecule is CC(C)(C)OC(=O)NCC1CCN(C(=O)c2ccc(=O)n(-c3ccccc3)n2)CC1. The number of likely N-dealkylation sites (tertiary alicyclic amines) is 1. The number of nitrogens with zero attached hydrogens (tertiary/aromatic N) is 3. The fourth-order valence-electron chi connectivity index (χ4n) is 3.32. The molecular formula is C22H28N4O4. The molecule has 1 fully saturated rings. The van der Waals surface area contributed by atoms with Crippen molar-refractivity contribution in [3.8, 4) is 5.69 Å². The molecule has 0 saturated carbocycles. The summed E-state index contributed by atoms with van der Waals surface area (Å²) in [5.74, 6) is 0.0889. The van der Waals surface area contributed by atoms with Crippen LogP contribution in [0.3, 0.4) is 0 Å². The first kappa shape index (κ1) is 21.5. The molecule has 3 rings (SSSR count). The average Bonchev–Trinajstić information content (AvgIpc) is 2.72. The highest BCUT2D eigenvalue weighted by atomic mass is 16.6. The van der Waals surface area contributed by atoms with Crippen LogP contribution in [0, 0.1) is 5.92 Å². The molecule has 1 aromatic heterocycles. The van der Waals surface area contributed by atoms with Crippen LogP contribution < -0.4 is 10.9 Å². The maximum Gasteiger partial charge on any atom is 0.407 e. The molecule has 1 saturated heterocycles. The summed E-state index contributed by atoms with van der Waals surface area (Å²) in [6, 6.07) is 11.9. The van der Waals surface area contributed by atoms with Crippen molar-refractivity contribution in [1.82, 2.24) is 20.0 Å². The Morgan fingerprint density at radius 3 is 2.40 bits per heavy atom. The van der Waals surface area contributed by atoms with Gasteiger partial charge in [-0.25, -0.2) is 4.79 Å². The van der Waals surface area contributed by atoms with Gasteiger partial charge in [-0.15, -0.1) is 0 Å². The second kappa shape index (κ2) is 9.11. The van der Waals surface area contributed by atoms with Gasteiger partial charge in [-0.1, -0.05) is 18.2 Å². The van der Waals surface area contributed by atoms with Gasteiger partial charge in [-0.2, -0.15) is 9.78 Å². The van der Waals surface area contributed by atoms with Crippen LogP contribution in [-0.4, -0.2) is 51.9 Å². The first-order valence-corrected chi connectivity index (χ1v) is 10.1. The Kier molecular flexibility index (Phi) is 6.54. The van der Waals surface area contributed by atoms with Gasteiger partial charge in [0.2, 0.25) is 0 Å². The lowest BCUT2D eigenvalue weighted by molar-refractivity contribution is 0.0499. The molecule has 0 bridgehead atoms. The molecule has 0 aliphatic carbocycles. The van der Waals surface area contributed by atoms with E-state index in [1.165, 1.54) is 16.8 Å². The number of hydrogen-bond acceptors (Lipinski definition) is 5. The minimum absolute atomic E-state index is 0.196. The van der Waals surface area contributed by atoms with Crippen LogP contribution in [0.5, 0.6) is 0 Å². The number of carbonyl (C=O) groups excluding carboxylic acids is 2. The number of amides is 2. The summed E-state index contributed by atoms with van der Waals surface area (Å²) in [5.41, 5.74) is 0.0425. The number of piperidine rings is 1. The van der Waals surface area contributed by atoms with Crippen LogP contribution in [0.15, 0.2) is 47.3 Å². The van der Waals surface area contributed by atoms with E-state index < -0.39 is 11.7 Å². The number of ether oxygens (including phenoxy) is 1. The smallest absolute Gasteiger partial charge is 0.407 e. The van der Waals surface area contributed by atoms with Gasteiger partial charge in [-0.3, -0.25) is 9.59 Å². The maximum absolute atomic E-state index is 12.9. The molecule has 2 aromatic rings. The standard InChI is InChI=1S/C22H28N4O4/c1-22(2,3)30-21(29)23-15-16-11-13-25(14-12-16)20(28)18-9-10-19(27)26(24-18)17-7-5-4-6-8-17/h4-10,16H,11-15H2,1-3H3,(H,23,29). The summed E-state index contributed by atoms with van der Waals surface area (Å²) in [4.78, 5) is 38.6. The Morgan fingerprint density at radius 2 is 1.77 bits per heavy atom. The first-order chi connectivity index (χ1) is 14.2. The molecule has 2 amide bonds. The van der Waals surface area contributed by atoms with E-state index in [1.807, 2.05) is 39.0 Å². The van der Waals surface area contributed by atoms with Gasteiger partial charge < -0.3 is 15.0 Å². The predicted octanol–water partition coefficient (Wildman–Crippen LogP) is 2.61. The quantitative estimate of drug-likeness (QED) is 0.833. The zero-order valence-corrected chi connectivity index (χ0v) is 17.6. The van der Waals surface area contributed by atoms with Gasteiger partial charge in [0.05, 0.1) is 5.69 Å². The number of aromatic nitrogens is 2.